The number of halogens is 1. The molecule has 0 unspecified atom stereocenters. The molecule has 2 bridgehead atoms. The minimum atomic E-state index is -0.679. The number of nitrogens with one attached hydrogen (secondary N) is 1. The van der Waals surface area contributed by atoms with Crippen LogP contribution in [-0.4, -0.2) is 30.3 Å². The average molecular weight is 465 g/mol. The first-order chi connectivity index (χ1) is 15.8. The number of ether oxygens (including phenoxy) is 1. The second kappa shape index (κ2) is 8.15. The average Bonchev–Trinajstić information content (AvgIpc) is 3.44. The molecule has 3 amide bonds. The number of imide groups is 1. The fraction of sp³-hybridized carbons (Fsp3) is 0.280. The minimum Gasteiger partial charge on any atom is -0.452 e. The van der Waals surface area contributed by atoms with E-state index in [1.54, 1.807) is 36.4 Å². The molecule has 4 atom stereocenters. The van der Waals surface area contributed by atoms with E-state index in [1.165, 1.54) is 22.6 Å². The van der Waals surface area contributed by atoms with Crippen molar-refractivity contribution in [2.24, 2.45) is 23.7 Å². The van der Waals surface area contributed by atoms with Crippen LogP contribution in [-0.2, 0) is 19.1 Å². The van der Waals surface area contributed by atoms with Gasteiger partial charge in [-0.25, -0.2) is 4.79 Å². The van der Waals surface area contributed by atoms with E-state index in [9.17, 15) is 19.2 Å². The molecule has 0 spiro atoms. The number of esters is 1. The van der Waals surface area contributed by atoms with Gasteiger partial charge in [0.1, 0.15) is 0 Å². The number of fused-ring (bicyclic) bond motifs is 5. The van der Waals surface area contributed by atoms with Crippen molar-refractivity contribution in [1.29, 1.82) is 0 Å². The lowest BCUT2D eigenvalue weighted by molar-refractivity contribution is -0.123. The summed E-state index contributed by atoms with van der Waals surface area (Å²) in [5.41, 5.74) is 2.39. The smallest absolute Gasteiger partial charge is 0.338 e. The zero-order valence-electron chi connectivity index (χ0n) is 17.8. The molecule has 5 rings (SSSR count). The first-order valence-corrected chi connectivity index (χ1v) is 11.1. The normalized spacial score (nSPS) is 25.2. The molecule has 3 aliphatic rings. The van der Waals surface area contributed by atoms with E-state index >= 15 is 0 Å². The summed E-state index contributed by atoms with van der Waals surface area (Å²) in [5.74, 6) is -1.78. The Labute approximate surface area is 195 Å². The van der Waals surface area contributed by atoms with Crippen LogP contribution in [0.25, 0.3) is 0 Å². The zero-order chi connectivity index (χ0) is 23.3. The standard InChI is InChI=1S/C25H21ClN2O5/c1-13-10-15-11-19(13)22-21(15)23(30)28(24(22)31)18-8-2-14(3-9-18)25(32)33-12-20(29)27-17-6-4-16(26)5-7-17/h2-10,15,19,21-22H,11-12H2,1H3,(H,27,29)/t15-,19+,21-,22+/m0/s1. The van der Waals surface area contributed by atoms with Gasteiger partial charge in [-0.3, -0.25) is 19.3 Å². The number of allylic oxidation sites excluding steroid dienone is 2. The maximum atomic E-state index is 13.0. The zero-order valence-corrected chi connectivity index (χ0v) is 18.5. The maximum Gasteiger partial charge on any atom is 0.338 e. The van der Waals surface area contributed by atoms with Crippen molar-refractivity contribution in [3.05, 3.63) is 70.8 Å². The molecule has 1 heterocycles. The third-order valence-corrected chi connectivity index (χ3v) is 6.96. The van der Waals surface area contributed by atoms with Crippen LogP contribution in [0.2, 0.25) is 5.02 Å². The maximum absolute atomic E-state index is 13.0. The highest BCUT2D eigenvalue weighted by atomic mass is 35.5. The second-order valence-electron chi connectivity index (χ2n) is 8.66. The van der Waals surface area contributed by atoms with Gasteiger partial charge in [-0.15, -0.1) is 0 Å². The summed E-state index contributed by atoms with van der Waals surface area (Å²) in [6.07, 6.45) is 3.01. The Hall–Kier alpha value is -3.45. The molecule has 0 aromatic heterocycles. The second-order valence-corrected chi connectivity index (χ2v) is 9.09. The molecule has 1 saturated heterocycles. The number of benzene rings is 2. The first-order valence-electron chi connectivity index (χ1n) is 10.7. The lowest BCUT2D eigenvalue weighted by atomic mass is 9.82. The number of rotatable bonds is 5. The number of hydrogen-bond acceptors (Lipinski definition) is 5. The van der Waals surface area contributed by atoms with Crippen molar-refractivity contribution < 1.29 is 23.9 Å². The summed E-state index contributed by atoms with van der Waals surface area (Å²) in [7, 11) is 0. The summed E-state index contributed by atoms with van der Waals surface area (Å²) in [6.45, 7) is 1.57. The van der Waals surface area contributed by atoms with Crippen molar-refractivity contribution in [3.63, 3.8) is 0 Å². The molecule has 0 radical (unpaired) electrons. The summed E-state index contributed by atoms with van der Waals surface area (Å²) in [5, 5.41) is 3.15. The van der Waals surface area contributed by atoms with E-state index in [-0.39, 0.29) is 41.0 Å². The molecule has 2 aromatic carbocycles. The van der Waals surface area contributed by atoms with Gasteiger partial charge in [0.15, 0.2) is 6.61 Å². The van der Waals surface area contributed by atoms with Gasteiger partial charge in [0.2, 0.25) is 11.8 Å². The van der Waals surface area contributed by atoms with E-state index in [0.717, 1.165) is 6.42 Å². The van der Waals surface area contributed by atoms with Crippen molar-refractivity contribution in [2.75, 3.05) is 16.8 Å². The summed E-state index contributed by atoms with van der Waals surface area (Å²) >= 11 is 5.81. The molecule has 8 heteroatoms. The van der Waals surface area contributed by atoms with Crippen LogP contribution >= 0.6 is 11.6 Å². The number of carbonyl (C=O) groups excluding carboxylic acids is 4. The molecule has 2 aromatic rings. The summed E-state index contributed by atoms with van der Waals surface area (Å²) < 4.78 is 5.07. The fourth-order valence-corrected chi connectivity index (χ4v) is 5.35. The number of carbonyl (C=O) groups is 4. The molecule has 1 saturated carbocycles. The van der Waals surface area contributed by atoms with Gasteiger partial charge in [-0.2, -0.15) is 0 Å². The van der Waals surface area contributed by atoms with Gasteiger partial charge in [-0.05, 0) is 73.7 Å². The Morgan fingerprint density at radius 3 is 2.39 bits per heavy atom. The fourth-order valence-electron chi connectivity index (χ4n) is 5.22. The molecule has 1 N–H and O–H groups in total. The topological polar surface area (TPSA) is 92.8 Å². The van der Waals surface area contributed by atoms with E-state index < -0.39 is 18.5 Å². The largest absolute Gasteiger partial charge is 0.452 e. The Kier molecular flexibility index (Phi) is 5.29. The predicted molar refractivity (Wildman–Crippen MR) is 122 cm³/mol. The van der Waals surface area contributed by atoms with Crippen LogP contribution in [0, 0.1) is 23.7 Å². The van der Waals surface area contributed by atoms with Gasteiger partial charge in [0.05, 0.1) is 23.1 Å². The minimum absolute atomic E-state index is 0.134. The van der Waals surface area contributed by atoms with Crippen LogP contribution in [0.3, 0.4) is 0 Å². The van der Waals surface area contributed by atoms with E-state index in [1.807, 2.05) is 6.92 Å². The van der Waals surface area contributed by atoms with Crippen molar-refractivity contribution in [3.8, 4) is 0 Å². The van der Waals surface area contributed by atoms with Gasteiger partial charge >= 0.3 is 5.97 Å². The van der Waals surface area contributed by atoms with Gasteiger partial charge in [0.25, 0.3) is 5.91 Å². The molecule has 33 heavy (non-hydrogen) atoms. The van der Waals surface area contributed by atoms with Crippen molar-refractivity contribution >= 4 is 46.7 Å². The Balaban J connectivity index is 1.21. The molecule has 168 valence electrons. The third-order valence-electron chi connectivity index (χ3n) is 6.70. The summed E-state index contributed by atoms with van der Waals surface area (Å²) in [4.78, 5) is 51.6. The number of nitrogens with zero attached hydrogens (tertiary/aromatic N) is 1. The SMILES string of the molecule is CC1=C[C@H]2C[C@H]1[C@H]1C(=O)N(c3ccc(C(=O)OCC(=O)Nc4ccc(Cl)cc4)cc3)C(=O)[C@H]12. The van der Waals surface area contributed by atoms with Gasteiger partial charge in [-0.1, -0.05) is 23.3 Å². The lowest BCUT2D eigenvalue weighted by Gasteiger charge is -2.19. The number of hydrogen-bond donors (Lipinski definition) is 1. The van der Waals surface area contributed by atoms with Crippen LogP contribution in [0.15, 0.2) is 60.2 Å². The monoisotopic (exact) mass is 464 g/mol. The number of anilines is 2. The van der Waals surface area contributed by atoms with Crippen LogP contribution in [0.1, 0.15) is 23.7 Å². The number of amides is 3. The highest BCUT2D eigenvalue weighted by Crippen LogP contribution is 2.55. The molecule has 7 nitrogen and oxygen atoms in total. The van der Waals surface area contributed by atoms with Crippen LogP contribution < -0.4 is 10.2 Å². The van der Waals surface area contributed by atoms with Crippen LogP contribution in [0.4, 0.5) is 11.4 Å². The first kappa shape index (κ1) is 21.4. The van der Waals surface area contributed by atoms with E-state index in [4.69, 9.17) is 16.3 Å². The van der Waals surface area contributed by atoms with Crippen molar-refractivity contribution in [2.45, 2.75) is 13.3 Å². The molecule has 1 aliphatic heterocycles. The highest BCUT2D eigenvalue weighted by Gasteiger charge is 2.60. The molecule has 2 fully saturated rings. The van der Waals surface area contributed by atoms with Gasteiger partial charge < -0.3 is 10.1 Å². The lowest BCUT2D eigenvalue weighted by Crippen LogP contribution is -2.33. The van der Waals surface area contributed by atoms with E-state index in [0.29, 0.717) is 16.4 Å². The predicted octanol–water partition coefficient (Wildman–Crippen LogP) is 3.84. The third kappa shape index (κ3) is 3.72. The Morgan fingerprint density at radius 1 is 1.03 bits per heavy atom. The van der Waals surface area contributed by atoms with Crippen molar-refractivity contribution in [1.82, 2.24) is 0 Å². The Morgan fingerprint density at radius 2 is 1.70 bits per heavy atom. The van der Waals surface area contributed by atoms with Gasteiger partial charge in [0, 0.05) is 10.7 Å². The summed E-state index contributed by atoms with van der Waals surface area (Å²) in [6, 6.07) is 12.6. The van der Waals surface area contributed by atoms with Crippen LogP contribution in [0.5, 0.6) is 0 Å². The molecular formula is C25H21ClN2O5. The van der Waals surface area contributed by atoms with E-state index in [2.05, 4.69) is 11.4 Å². The quantitative estimate of drug-likeness (QED) is 0.412. The Bertz CT molecular complexity index is 1190. The highest BCUT2D eigenvalue weighted by molar-refractivity contribution is 6.30. The molecule has 2 aliphatic carbocycles. The molecular weight excluding hydrogens is 444 g/mol.